The number of halogens is 1. The zero-order valence-corrected chi connectivity index (χ0v) is 14.0. The highest BCUT2D eigenvalue weighted by molar-refractivity contribution is 9.09. The van der Waals surface area contributed by atoms with E-state index in [2.05, 4.69) is 15.9 Å². The van der Waals surface area contributed by atoms with Gasteiger partial charge in [0.15, 0.2) is 0 Å². The van der Waals surface area contributed by atoms with Crippen LogP contribution in [0.25, 0.3) is 0 Å². The Bertz CT molecular complexity index is 431. The molecule has 4 nitrogen and oxygen atoms in total. The Morgan fingerprint density at radius 1 is 1.25 bits per heavy atom. The van der Waals surface area contributed by atoms with Crippen LogP contribution in [0.15, 0.2) is 24.3 Å². The molecule has 0 bridgehead atoms. The van der Waals surface area contributed by atoms with Gasteiger partial charge >= 0.3 is 7.12 Å². The van der Waals surface area contributed by atoms with Crippen LogP contribution in [0.4, 0.5) is 0 Å². The van der Waals surface area contributed by atoms with Crippen LogP contribution in [0, 0.1) is 0 Å². The first-order valence-electron chi connectivity index (χ1n) is 6.54. The number of benzene rings is 1. The van der Waals surface area contributed by atoms with Gasteiger partial charge in [-0.1, -0.05) is 28.1 Å². The van der Waals surface area contributed by atoms with E-state index in [4.69, 9.17) is 9.39 Å². The molecule has 0 saturated carbocycles. The summed E-state index contributed by atoms with van der Waals surface area (Å²) in [5, 5.41) is 21.0. The highest BCUT2D eigenvalue weighted by Crippen LogP contribution is 2.25. The van der Waals surface area contributed by atoms with Crippen molar-refractivity contribution in [3.05, 3.63) is 24.3 Å². The molecule has 0 spiro atoms. The number of hydrogen-bond acceptors (Lipinski definition) is 4. The molecule has 1 rings (SSSR count). The Morgan fingerprint density at radius 3 is 2.45 bits per heavy atom. The molecule has 0 aromatic heterocycles. The molecule has 0 aliphatic rings. The Balaban J connectivity index is 2.79. The summed E-state index contributed by atoms with van der Waals surface area (Å²) in [5.41, 5.74) is -1.37. The van der Waals surface area contributed by atoms with Crippen LogP contribution in [-0.4, -0.2) is 40.4 Å². The Morgan fingerprint density at radius 2 is 1.90 bits per heavy atom. The fourth-order valence-electron chi connectivity index (χ4n) is 1.41. The summed E-state index contributed by atoms with van der Waals surface area (Å²) >= 11 is 3.29. The van der Waals surface area contributed by atoms with Gasteiger partial charge in [-0.2, -0.15) is 0 Å². The third-order valence-corrected chi connectivity index (χ3v) is 3.69. The SMILES string of the molecule is CC(C)(O)C(C)(C)OB(O)c1cccc(OCCBr)c1. The minimum Gasteiger partial charge on any atom is -0.493 e. The molecule has 0 aliphatic heterocycles. The van der Waals surface area contributed by atoms with Crippen LogP contribution in [0.5, 0.6) is 5.75 Å². The van der Waals surface area contributed by atoms with Crippen molar-refractivity contribution >= 4 is 28.5 Å². The van der Waals surface area contributed by atoms with Gasteiger partial charge < -0.3 is 19.5 Å². The van der Waals surface area contributed by atoms with Crippen molar-refractivity contribution < 1.29 is 19.5 Å². The molecular formula is C14H22BBrO4. The second-order valence-electron chi connectivity index (χ2n) is 5.65. The number of alkyl halides is 1. The average molecular weight is 345 g/mol. The first kappa shape index (κ1) is 17.5. The molecule has 20 heavy (non-hydrogen) atoms. The summed E-state index contributed by atoms with van der Waals surface area (Å²) in [6.07, 6.45) is 0. The van der Waals surface area contributed by atoms with Crippen LogP contribution in [0.3, 0.4) is 0 Å². The van der Waals surface area contributed by atoms with E-state index in [1.165, 1.54) is 0 Å². The molecule has 0 aliphatic carbocycles. The quantitative estimate of drug-likeness (QED) is 0.584. The van der Waals surface area contributed by atoms with Gasteiger partial charge in [-0.15, -0.1) is 0 Å². The van der Waals surface area contributed by atoms with Crippen LogP contribution in [0.2, 0.25) is 0 Å². The van der Waals surface area contributed by atoms with Gasteiger partial charge in [-0.3, -0.25) is 0 Å². The first-order chi connectivity index (χ1) is 9.17. The predicted octanol–water partition coefficient (Wildman–Crippen LogP) is 1.71. The highest BCUT2D eigenvalue weighted by atomic mass is 79.9. The van der Waals surface area contributed by atoms with Gasteiger partial charge in [0.25, 0.3) is 0 Å². The monoisotopic (exact) mass is 344 g/mol. The van der Waals surface area contributed by atoms with Crippen LogP contribution in [0.1, 0.15) is 27.7 Å². The summed E-state index contributed by atoms with van der Waals surface area (Å²) < 4.78 is 11.1. The van der Waals surface area contributed by atoms with Crippen molar-refractivity contribution in [1.29, 1.82) is 0 Å². The molecule has 0 unspecified atom stereocenters. The number of hydrogen-bond donors (Lipinski definition) is 2. The third-order valence-electron chi connectivity index (χ3n) is 3.37. The van der Waals surface area contributed by atoms with Gasteiger partial charge in [-0.25, -0.2) is 0 Å². The standard InChI is InChI=1S/C14H22BBrO4/c1-13(2,17)14(3,4)20-15(18)11-6-5-7-12(10-11)19-9-8-16/h5-7,10,17-18H,8-9H2,1-4H3. The van der Waals surface area contributed by atoms with E-state index < -0.39 is 18.3 Å². The van der Waals surface area contributed by atoms with E-state index >= 15 is 0 Å². The van der Waals surface area contributed by atoms with Crippen molar-refractivity contribution in [2.24, 2.45) is 0 Å². The lowest BCUT2D eigenvalue weighted by Gasteiger charge is -2.38. The van der Waals surface area contributed by atoms with Gasteiger partial charge in [0, 0.05) is 5.33 Å². The Labute approximate surface area is 129 Å². The van der Waals surface area contributed by atoms with Gasteiger partial charge in [-0.05, 0) is 45.3 Å². The lowest BCUT2D eigenvalue weighted by atomic mass is 9.76. The molecular weight excluding hydrogens is 323 g/mol. The van der Waals surface area contributed by atoms with Crippen LogP contribution < -0.4 is 10.2 Å². The lowest BCUT2D eigenvalue weighted by molar-refractivity contribution is -0.0982. The van der Waals surface area contributed by atoms with Crippen molar-refractivity contribution in [3.63, 3.8) is 0 Å². The van der Waals surface area contributed by atoms with Gasteiger partial charge in [0.2, 0.25) is 0 Å². The minimum atomic E-state index is -1.12. The largest absolute Gasteiger partial charge is 0.493 e. The number of rotatable bonds is 7. The summed E-state index contributed by atoms with van der Waals surface area (Å²) in [7, 11) is -1.12. The fraction of sp³-hybridized carbons (Fsp3) is 0.571. The molecule has 1 aromatic rings. The molecule has 1 aromatic carbocycles. The summed E-state index contributed by atoms with van der Waals surface area (Å²) in [5.74, 6) is 0.672. The van der Waals surface area contributed by atoms with E-state index in [1.54, 1.807) is 45.9 Å². The maximum Gasteiger partial charge on any atom is 0.491 e. The number of aliphatic hydroxyl groups is 1. The maximum atomic E-state index is 10.2. The molecule has 0 fully saturated rings. The Kier molecular flexibility index (Phi) is 6.07. The fourth-order valence-corrected chi connectivity index (χ4v) is 1.57. The van der Waals surface area contributed by atoms with Gasteiger partial charge in [0.05, 0.1) is 17.8 Å². The zero-order chi connectivity index (χ0) is 15.4. The topological polar surface area (TPSA) is 58.9 Å². The minimum absolute atomic E-state index is 0.551. The zero-order valence-electron chi connectivity index (χ0n) is 12.4. The second-order valence-corrected chi connectivity index (χ2v) is 6.44. The van der Waals surface area contributed by atoms with Crippen LogP contribution in [-0.2, 0) is 4.65 Å². The third kappa shape index (κ3) is 4.77. The van der Waals surface area contributed by atoms with Crippen molar-refractivity contribution in [1.82, 2.24) is 0 Å². The van der Waals surface area contributed by atoms with Gasteiger partial charge in [0.1, 0.15) is 5.75 Å². The van der Waals surface area contributed by atoms with E-state index in [0.717, 1.165) is 5.33 Å². The predicted molar refractivity (Wildman–Crippen MR) is 84.8 cm³/mol. The molecule has 112 valence electrons. The molecule has 0 heterocycles. The molecule has 6 heteroatoms. The molecule has 0 saturated heterocycles. The molecule has 0 amide bonds. The normalized spacial score (nSPS) is 12.3. The van der Waals surface area contributed by atoms with Crippen molar-refractivity contribution in [2.75, 3.05) is 11.9 Å². The van der Waals surface area contributed by atoms with E-state index in [1.807, 2.05) is 6.07 Å². The summed E-state index contributed by atoms with van der Waals surface area (Å²) in [6, 6.07) is 7.10. The highest BCUT2D eigenvalue weighted by Gasteiger charge is 2.39. The van der Waals surface area contributed by atoms with Crippen LogP contribution >= 0.6 is 15.9 Å². The van der Waals surface area contributed by atoms with E-state index in [-0.39, 0.29) is 0 Å². The van der Waals surface area contributed by atoms with Crippen molar-refractivity contribution in [3.8, 4) is 5.75 Å². The Hall–Kier alpha value is -0.555. The van der Waals surface area contributed by atoms with Crippen molar-refractivity contribution in [2.45, 2.75) is 38.9 Å². The van der Waals surface area contributed by atoms with E-state index in [0.29, 0.717) is 17.8 Å². The summed E-state index contributed by atoms with van der Waals surface area (Å²) in [4.78, 5) is 0. The number of ether oxygens (including phenoxy) is 1. The average Bonchev–Trinajstić information content (AvgIpc) is 2.35. The molecule has 2 N–H and O–H groups in total. The molecule has 0 radical (unpaired) electrons. The van der Waals surface area contributed by atoms with E-state index in [9.17, 15) is 10.1 Å². The maximum absolute atomic E-state index is 10.2. The lowest BCUT2D eigenvalue weighted by Crippen LogP contribution is -2.53. The first-order valence-corrected chi connectivity index (χ1v) is 7.66. The molecule has 0 atom stereocenters. The smallest absolute Gasteiger partial charge is 0.491 e. The summed E-state index contributed by atoms with van der Waals surface area (Å²) in [6.45, 7) is 7.32. The second kappa shape index (κ2) is 6.94.